The normalized spacial score (nSPS) is 12.6. The number of aromatic nitrogens is 2. The number of pyridine rings is 1. The van der Waals surface area contributed by atoms with E-state index >= 15 is 0 Å². The predicted octanol–water partition coefficient (Wildman–Crippen LogP) is 3.65. The second kappa shape index (κ2) is 7.23. The molecule has 0 bridgehead atoms. The molecule has 3 rings (SSSR count). The number of nitrogens with zero attached hydrogens (tertiary/aromatic N) is 2. The minimum Gasteiger partial charge on any atom is -0.497 e. The Kier molecular flexibility index (Phi) is 4.99. The third-order valence-electron chi connectivity index (χ3n) is 4.24. The molecule has 140 valence electrons. The van der Waals surface area contributed by atoms with Crippen LogP contribution < -0.4 is 10.3 Å². The van der Waals surface area contributed by atoms with Gasteiger partial charge in [-0.2, -0.15) is 0 Å². The first kappa shape index (κ1) is 18.6. The third-order valence-corrected chi connectivity index (χ3v) is 4.24. The average molecular weight is 366 g/mol. The Bertz CT molecular complexity index is 1030. The van der Waals surface area contributed by atoms with Crippen LogP contribution in [0.5, 0.6) is 5.75 Å². The number of hydrogen-bond acceptors (Lipinski definition) is 5. The van der Waals surface area contributed by atoms with E-state index in [-0.39, 0.29) is 11.0 Å². The lowest BCUT2D eigenvalue weighted by Gasteiger charge is -2.30. The number of benzene rings is 1. The highest BCUT2D eigenvalue weighted by atomic mass is 16.5. The second-order valence-electron chi connectivity index (χ2n) is 7.33. The van der Waals surface area contributed by atoms with E-state index in [9.17, 15) is 9.59 Å². The zero-order valence-corrected chi connectivity index (χ0v) is 15.8. The summed E-state index contributed by atoms with van der Waals surface area (Å²) in [6.45, 7) is 5.90. The zero-order valence-electron chi connectivity index (χ0n) is 15.8. The number of hydrogen-bond donors (Lipinski definition) is 0. The molecule has 6 nitrogen and oxygen atoms in total. The highest BCUT2D eigenvalue weighted by molar-refractivity contribution is 5.89. The lowest BCUT2D eigenvalue weighted by Crippen LogP contribution is -2.29. The first-order valence-corrected chi connectivity index (χ1v) is 8.62. The first-order valence-electron chi connectivity index (χ1n) is 8.62. The SMILES string of the molecule is COc1cccc([C@H](OC(=O)c2cnc3ccccn3c2=O)C(C)(C)C)c1. The summed E-state index contributed by atoms with van der Waals surface area (Å²) in [4.78, 5) is 29.6. The fourth-order valence-electron chi connectivity index (χ4n) is 2.89. The summed E-state index contributed by atoms with van der Waals surface area (Å²) in [5.74, 6) is -0.0289. The van der Waals surface area contributed by atoms with E-state index in [0.29, 0.717) is 11.4 Å². The first-order chi connectivity index (χ1) is 12.8. The van der Waals surface area contributed by atoms with Crippen LogP contribution >= 0.6 is 0 Å². The van der Waals surface area contributed by atoms with Gasteiger partial charge in [0.05, 0.1) is 7.11 Å². The standard InChI is InChI=1S/C21H22N2O4/c1-21(2,3)18(14-8-7-9-15(12-14)26-4)27-20(25)16-13-22-17-10-5-6-11-23(17)19(16)24/h5-13,18H,1-4H3/t18-/m0/s1. The molecule has 0 spiro atoms. The Labute approximate surface area is 157 Å². The van der Waals surface area contributed by atoms with Gasteiger partial charge in [0.15, 0.2) is 0 Å². The van der Waals surface area contributed by atoms with Gasteiger partial charge in [0.1, 0.15) is 23.1 Å². The van der Waals surface area contributed by atoms with Crippen molar-refractivity contribution in [3.8, 4) is 5.75 Å². The molecule has 0 fully saturated rings. The number of methoxy groups -OCH3 is 1. The van der Waals surface area contributed by atoms with Crippen molar-refractivity contribution in [3.63, 3.8) is 0 Å². The molecule has 0 N–H and O–H groups in total. The largest absolute Gasteiger partial charge is 0.497 e. The molecule has 0 aliphatic rings. The maximum atomic E-state index is 12.8. The maximum Gasteiger partial charge on any atom is 0.346 e. The summed E-state index contributed by atoms with van der Waals surface area (Å²) in [7, 11) is 1.58. The van der Waals surface area contributed by atoms with E-state index in [1.54, 1.807) is 31.5 Å². The summed E-state index contributed by atoms with van der Waals surface area (Å²) in [5, 5.41) is 0. The number of rotatable bonds is 4. The molecule has 0 amide bonds. The third kappa shape index (κ3) is 3.84. The van der Waals surface area contributed by atoms with Crippen molar-refractivity contribution in [1.29, 1.82) is 0 Å². The number of fused-ring (bicyclic) bond motifs is 1. The van der Waals surface area contributed by atoms with Gasteiger partial charge in [-0.05, 0) is 29.8 Å². The van der Waals surface area contributed by atoms with Crippen LogP contribution in [-0.4, -0.2) is 22.5 Å². The number of esters is 1. The molecule has 6 heteroatoms. The van der Waals surface area contributed by atoms with Gasteiger partial charge in [-0.1, -0.05) is 39.0 Å². The van der Waals surface area contributed by atoms with Crippen LogP contribution in [-0.2, 0) is 4.74 Å². The van der Waals surface area contributed by atoms with Gasteiger partial charge in [-0.15, -0.1) is 0 Å². The van der Waals surface area contributed by atoms with E-state index in [0.717, 1.165) is 5.56 Å². The molecule has 27 heavy (non-hydrogen) atoms. The van der Waals surface area contributed by atoms with Crippen LogP contribution in [0.2, 0.25) is 0 Å². The highest BCUT2D eigenvalue weighted by Crippen LogP contribution is 2.37. The summed E-state index contributed by atoms with van der Waals surface area (Å²) in [5.41, 5.74) is 0.325. The molecule has 1 aromatic carbocycles. The van der Waals surface area contributed by atoms with Gasteiger partial charge in [-0.3, -0.25) is 9.20 Å². The molecule has 0 saturated heterocycles. The van der Waals surface area contributed by atoms with Crippen LogP contribution in [0.15, 0.2) is 59.7 Å². The van der Waals surface area contributed by atoms with Crippen LogP contribution in [0.25, 0.3) is 5.65 Å². The molecule has 3 aromatic rings. The molecule has 1 atom stereocenters. The molecule has 2 aromatic heterocycles. The molecule has 0 unspecified atom stereocenters. The van der Waals surface area contributed by atoms with Crippen molar-refractivity contribution >= 4 is 11.6 Å². The Morgan fingerprint density at radius 3 is 2.63 bits per heavy atom. The smallest absolute Gasteiger partial charge is 0.346 e. The predicted molar refractivity (Wildman–Crippen MR) is 102 cm³/mol. The van der Waals surface area contributed by atoms with Gasteiger partial charge in [0.2, 0.25) is 0 Å². The minimum atomic E-state index is -0.700. The van der Waals surface area contributed by atoms with E-state index in [1.807, 2.05) is 45.0 Å². The van der Waals surface area contributed by atoms with E-state index < -0.39 is 17.6 Å². The fourth-order valence-corrected chi connectivity index (χ4v) is 2.89. The van der Waals surface area contributed by atoms with Crippen molar-refractivity contribution in [1.82, 2.24) is 9.38 Å². The lowest BCUT2D eigenvalue weighted by molar-refractivity contribution is -0.00425. The van der Waals surface area contributed by atoms with E-state index in [4.69, 9.17) is 9.47 Å². The van der Waals surface area contributed by atoms with Gasteiger partial charge in [-0.25, -0.2) is 9.78 Å². The monoisotopic (exact) mass is 366 g/mol. The van der Waals surface area contributed by atoms with E-state index in [1.165, 1.54) is 10.6 Å². The zero-order chi connectivity index (χ0) is 19.6. The average Bonchev–Trinajstić information content (AvgIpc) is 2.65. The number of ether oxygens (including phenoxy) is 2. The van der Waals surface area contributed by atoms with Crippen LogP contribution in [0, 0.1) is 5.41 Å². The lowest BCUT2D eigenvalue weighted by atomic mass is 9.84. The summed E-state index contributed by atoms with van der Waals surface area (Å²) >= 11 is 0. The Morgan fingerprint density at radius 2 is 1.93 bits per heavy atom. The number of carbonyl (C=O) groups is 1. The Balaban J connectivity index is 1.98. The van der Waals surface area contributed by atoms with Gasteiger partial charge in [0, 0.05) is 17.8 Å². The summed E-state index contributed by atoms with van der Waals surface area (Å²) in [6, 6.07) is 12.5. The molecule has 0 aliphatic carbocycles. The van der Waals surface area contributed by atoms with Crippen molar-refractivity contribution in [2.75, 3.05) is 7.11 Å². The van der Waals surface area contributed by atoms with E-state index in [2.05, 4.69) is 4.98 Å². The fraction of sp³-hybridized carbons (Fsp3) is 0.286. The van der Waals surface area contributed by atoms with Gasteiger partial charge < -0.3 is 9.47 Å². The van der Waals surface area contributed by atoms with Gasteiger partial charge in [0.25, 0.3) is 5.56 Å². The second-order valence-corrected chi connectivity index (χ2v) is 7.33. The Morgan fingerprint density at radius 1 is 1.15 bits per heavy atom. The quantitative estimate of drug-likeness (QED) is 0.659. The molecule has 0 saturated carbocycles. The molecule has 0 radical (unpaired) electrons. The van der Waals surface area contributed by atoms with Gasteiger partial charge >= 0.3 is 5.97 Å². The molecule has 2 heterocycles. The summed E-state index contributed by atoms with van der Waals surface area (Å²) < 4.78 is 12.4. The minimum absolute atomic E-state index is 0.101. The molecular formula is C21H22N2O4. The van der Waals surface area contributed by atoms with Crippen molar-refractivity contribution in [3.05, 3.63) is 76.3 Å². The molecule has 0 aliphatic heterocycles. The summed E-state index contributed by atoms with van der Waals surface area (Å²) in [6.07, 6.45) is 2.28. The molecular weight excluding hydrogens is 344 g/mol. The van der Waals surface area contributed by atoms with Crippen LogP contribution in [0.4, 0.5) is 0 Å². The number of carbonyl (C=O) groups excluding carboxylic acids is 1. The van der Waals surface area contributed by atoms with Crippen molar-refractivity contribution in [2.24, 2.45) is 5.41 Å². The highest BCUT2D eigenvalue weighted by Gasteiger charge is 2.31. The topological polar surface area (TPSA) is 69.9 Å². The van der Waals surface area contributed by atoms with Crippen molar-refractivity contribution in [2.45, 2.75) is 26.9 Å². The Hall–Kier alpha value is -3.15. The van der Waals surface area contributed by atoms with Crippen molar-refractivity contribution < 1.29 is 14.3 Å². The van der Waals surface area contributed by atoms with Crippen LogP contribution in [0.1, 0.15) is 42.8 Å². The van der Waals surface area contributed by atoms with Crippen LogP contribution in [0.3, 0.4) is 0 Å². The maximum absolute atomic E-state index is 12.8.